The molecule has 2 aromatic carbocycles. The molecule has 1 amide bonds. The van der Waals surface area contributed by atoms with E-state index in [0.29, 0.717) is 36.0 Å². The van der Waals surface area contributed by atoms with Crippen molar-refractivity contribution in [2.45, 2.75) is 37.6 Å². The van der Waals surface area contributed by atoms with Gasteiger partial charge in [-0.15, -0.1) is 0 Å². The minimum absolute atomic E-state index is 0.0480. The Labute approximate surface area is 206 Å². The molecule has 10 heteroatoms. The molecule has 0 aliphatic carbocycles. The average molecular weight is 511 g/mol. The molecule has 1 N–H and O–H groups in total. The van der Waals surface area contributed by atoms with Gasteiger partial charge in [-0.05, 0) is 62.6 Å². The highest BCUT2D eigenvalue weighted by Crippen LogP contribution is 2.33. The minimum atomic E-state index is -3.80. The summed E-state index contributed by atoms with van der Waals surface area (Å²) in [5.41, 5.74) is 0.885. The van der Waals surface area contributed by atoms with Gasteiger partial charge in [-0.2, -0.15) is 4.31 Å². The lowest BCUT2D eigenvalue weighted by Gasteiger charge is -2.31. The second kappa shape index (κ2) is 11.3. The summed E-state index contributed by atoms with van der Waals surface area (Å²) in [5.74, 6) is 1.10. The summed E-state index contributed by atoms with van der Waals surface area (Å²) in [4.78, 5) is 12.9. The Hall–Kier alpha value is -2.49. The highest BCUT2D eigenvalue weighted by molar-refractivity contribution is 7.89. The number of hydrogen-bond acceptors (Lipinski definition) is 6. The summed E-state index contributed by atoms with van der Waals surface area (Å²) in [6, 6.07) is 9.84. The smallest absolute Gasteiger partial charge is 0.246 e. The molecular formula is C24H31ClN2O6S. The molecule has 1 saturated heterocycles. The Balaban J connectivity index is 1.64. The molecule has 1 aliphatic rings. The number of amides is 1. The van der Waals surface area contributed by atoms with Crippen molar-refractivity contribution in [1.82, 2.24) is 9.62 Å². The normalized spacial score (nSPS) is 16.0. The maximum Gasteiger partial charge on any atom is 0.246 e. The minimum Gasteiger partial charge on any atom is -0.493 e. The zero-order valence-corrected chi connectivity index (χ0v) is 21.4. The summed E-state index contributed by atoms with van der Waals surface area (Å²) in [5, 5.41) is 3.35. The van der Waals surface area contributed by atoms with Crippen LogP contribution in [0.15, 0.2) is 41.3 Å². The maximum atomic E-state index is 13.3. The standard InChI is InChI=1S/C24H31ClN2O6S/c1-5-33-21-9-7-19(25)15-23(21)34(29,30)27-12-10-17(11-13-27)24(28)26-16(2)18-6-8-20(31-3)22(14-18)32-4/h6-9,14-17H,5,10-13H2,1-4H3,(H,26,28). The molecule has 0 radical (unpaired) electrons. The van der Waals surface area contributed by atoms with Crippen molar-refractivity contribution >= 4 is 27.5 Å². The van der Waals surface area contributed by atoms with Crippen molar-refractivity contribution in [2.24, 2.45) is 5.92 Å². The summed E-state index contributed by atoms with van der Waals surface area (Å²) in [7, 11) is -0.669. The fraction of sp³-hybridized carbons (Fsp3) is 0.458. The third-order valence-corrected chi connectivity index (χ3v) is 8.07. The molecule has 1 unspecified atom stereocenters. The topological polar surface area (TPSA) is 94.2 Å². The number of nitrogens with one attached hydrogen (secondary N) is 1. The second-order valence-corrected chi connectivity index (χ2v) is 10.4. The number of methoxy groups -OCH3 is 2. The lowest BCUT2D eigenvalue weighted by Crippen LogP contribution is -2.43. The van der Waals surface area contributed by atoms with Crippen molar-refractivity contribution in [3.63, 3.8) is 0 Å². The van der Waals surface area contributed by atoms with Gasteiger partial charge in [0.2, 0.25) is 15.9 Å². The van der Waals surface area contributed by atoms with E-state index < -0.39 is 10.0 Å². The number of halogens is 1. The number of benzene rings is 2. The molecule has 0 bridgehead atoms. The molecule has 186 valence electrons. The zero-order chi connectivity index (χ0) is 24.9. The molecule has 34 heavy (non-hydrogen) atoms. The van der Waals surface area contributed by atoms with E-state index in [1.54, 1.807) is 39.3 Å². The van der Waals surface area contributed by atoms with Crippen molar-refractivity contribution < 1.29 is 27.4 Å². The number of piperidine rings is 1. The predicted molar refractivity (Wildman–Crippen MR) is 130 cm³/mol. The number of carbonyl (C=O) groups excluding carboxylic acids is 1. The lowest BCUT2D eigenvalue weighted by molar-refractivity contribution is -0.126. The fourth-order valence-electron chi connectivity index (χ4n) is 3.99. The highest BCUT2D eigenvalue weighted by Gasteiger charge is 2.34. The van der Waals surface area contributed by atoms with E-state index in [4.69, 9.17) is 25.8 Å². The van der Waals surface area contributed by atoms with Crippen LogP contribution in [0.1, 0.15) is 38.3 Å². The summed E-state index contributed by atoms with van der Waals surface area (Å²) < 4.78 is 44.0. The quantitative estimate of drug-likeness (QED) is 0.547. The molecule has 3 rings (SSSR count). The van der Waals surface area contributed by atoms with Gasteiger partial charge in [0.15, 0.2) is 11.5 Å². The van der Waals surface area contributed by atoms with Crippen LogP contribution in [0, 0.1) is 5.92 Å². The number of ether oxygens (including phenoxy) is 3. The molecule has 1 heterocycles. The molecule has 1 fully saturated rings. The van der Waals surface area contributed by atoms with Crippen LogP contribution in [-0.4, -0.2) is 52.5 Å². The number of sulfonamides is 1. The van der Waals surface area contributed by atoms with Crippen LogP contribution in [0.2, 0.25) is 5.02 Å². The van der Waals surface area contributed by atoms with Crippen molar-refractivity contribution in [1.29, 1.82) is 0 Å². The van der Waals surface area contributed by atoms with E-state index in [1.807, 2.05) is 19.1 Å². The van der Waals surface area contributed by atoms with Crippen LogP contribution in [0.4, 0.5) is 0 Å². The van der Waals surface area contributed by atoms with Crippen LogP contribution in [0.5, 0.6) is 17.2 Å². The molecule has 1 atom stereocenters. The Kier molecular flexibility index (Phi) is 8.67. The first-order chi connectivity index (χ1) is 16.2. The molecular weight excluding hydrogens is 480 g/mol. The Bertz CT molecular complexity index is 1120. The van der Waals surface area contributed by atoms with Gasteiger partial charge in [-0.3, -0.25) is 4.79 Å². The number of hydrogen-bond donors (Lipinski definition) is 1. The van der Waals surface area contributed by atoms with Crippen molar-refractivity contribution in [2.75, 3.05) is 33.9 Å². The first-order valence-electron chi connectivity index (χ1n) is 11.2. The van der Waals surface area contributed by atoms with Gasteiger partial charge >= 0.3 is 0 Å². The molecule has 0 spiro atoms. The second-order valence-electron chi connectivity index (χ2n) is 8.05. The van der Waals surface area contributed by atoms with Crippen molar-refractivity contribution in [3.05, 3.63) is 47.0 Å². The number of rotatable bonds is 9. The van der Waals surface area contributed by atoms with E-state index in [-0.39, 0.29) is 41.6 Å². The first-order valence-corrected chi connectivity index (χ1v) is 13.0. The SMILES string of the molecule is CCOc1ccc(Cl)cc1S(=O)(=O)N1CCC(C(=O)NC(C)c2ccc(OC)c(OC)c2)CC1. The van der Waals surface area contributed by atoms with Crippen LogP contribution in [0.25, 0.3) is 0 Å². The van der Waals surface area contributed by atoms with E-state index >= 15 is 0 Å². The average Bonchev–Trinajstić information content (AvgIpc) is 2.84. The predicted octanol–water partition coefficient (Wildman–Crippen LogP) is 4.03. The molecule has 0 saturated carbocycles. The van der Waals surface area contributed by atoms with Crippen LogP contribution in [-0.2, 0) is 14.8 Å². The van der Waals surface area contributed by atoms with E-state index in [1.165, 1.54) is 10.4 Å². The van der Waals surface area contributed by atoms with Gasteiger partial charge in [0.25, 0.3) is 0 Å². The third-order valence-electron chi connectivity index (χ3n) is 5.91. The maximum absolute atomic E-state index is 13.3. The number of carbonyl (C=O) groups is 1. The third kappa shape index (κ3) is 5.76. The first kappa shape index (κ1) is 26.1. The monoisotopic (exact) mass is 510 g/mol. The highest BCUT2D eigenvalue weighted by atomic mass is 35.5. The van der Waals surface area contributed by atoms with Gasteiger partial charge < -0.3 is 19.5 Å². The summed E-state index contributed by atoms with van der Waals surface area (Å²) >= 11 is 6.06. The van der Waals surface area contributed by atoms with Gasteiger partial charge in [-0.1, -0.05) is 17.7 Å². The molecule has 0 aromatic heterocycles. The lowest BCUT2D eigenvalue weighted by atomic mass is 9.96. The largest absolute Gasteiger partial charge is 0.493 e. The molecule has 1 aliphatic heterocycles. The van der Waals surface area contributed by atoms with E-state index in [2.05, 4.69) is 5.32 Å². The van der Waals surface area contributed by atoms with Crippen LogP contribution in [0.3, 0.4) is 0 Å². The summed E-state index contributed by atoms with van der Waals surface area (Å²) in [6.45, 7) is 4.50. The van der Waals surface area contributed by atoms with Crippen molar-refractivity contribution in [3.8, 4) is 17.2 Å². The van der Waals surface area contributed by atoms with Gasteiger partial charge in [0.1, 0.15) is 10.6 Å². The molecule has 8 nitrogen and oxygen atoms in total. The van der Waals surface area contributed by atoms with Gasteiger partial charge in [0, 0.05) is 24.0 Å². The van der Waals surface area contributed by atoms with Crippen LogP contribution < -0.4 is 19.5 Å². The fourth-order valence-corrected chi connectivity index (χ4v) is 5.86. The van der Waals surface area contributed by atoms with E-state index in [9.17, 15) is 13.2 Å². The Morgan fingerprint density at radius 2 is 1.74 bits per heavy atom. The summed E-state index contributed by atoms with van der Waals surface area (Å²) in [6.07, 6.45) is 0.850. The molecule has 2 aromatic rings. The Morgan fingerprint density at radius 1 is 1.09 bits per heavy atom. The van der Waals surface area contributed by atoms with Gasteiger partial charge in [0.05, 0.1) is 26.9 Å². The zero-order valence-electron chi connectivity index (χ0n) is 19.8. The van der Waals surface area contributed by atoms with Gasteiger partial charge in [-0.25, -0.2) is 8.42 Å². The van der Waals surface area contributed by atoms with Crippen LogP contribution >= 0.6 is 11.6 Å². The van der Waals surface area contributed by atoms with E-state index in [0.717, 1.165) is 5.56 Å². The number of nitrogens with zero attached hydrogens (tertiary/aromatic N) is 1. The Morgan fingerprint density at radius 3 is 2.35 bits per heavy atom.